The molecule has 1 rings (SSSR count). The van der Waals surface area contributed by atoms with Crippen LogP contribution in [0.15, 0.2) is 17.5 Å². The number of thiophene rings is 1. The van der Waals surface area contributed by atoms with Crippen molar-refractivity contribution in [2.45, 2.75) is 26.4 Å². The average molecular weight is 270 g/mol. The van der Waals surface area contributed by atoms with Gasteiger partial charge in [-0.05, 0) is 11.4 Å². The van der Waals surface area contributed by atoms with Gasteiger partial charge in [0, 0.05) is 24.6 Å². The molecule has 1 N–H and O–H groups in total. The smallest absolute Gasteiger partial charge is 0.236 e. The first-order valence-electron chi connectivity index (χ1n) is 6.16. The summed E-state index contributed by atoms with van der Waals surface area (Å²) in [7, 11) is 1.65. The number of carbonyl (C=O) groups is 1. The van der Waals surface area contributed by atoms with Crippen molar-refractivity contribution in [1.82, 2.24) is 10.2 Å². The lowest BCUT2D eigenvalue weighted by molar-refractivity contribution is -0.131. The van der Waals surface area contributed by atoms with Crippen LogP contribution in [0, 0.1) is 0 Å². The summed E-state index contributed by atoms with van der Waals surface area (Å²) in [5.74, 6) is 0.120. The summed E-state index contributed by atoms with van der Waals surface area (Å²) in [6.45, 7) is 6.32. The van der Waals surface area contributed by atoms with Crippen LogP contribution in [0.2, 0.25) is 0 Å². The van der Waals surface area contributed by atoms with E-state index in [0.29, 0.717) is 32.3 Å². The maximum Gasteiger partial charge on any atom is 0.236 e. The molecule has 0 bridgehead atoms. The van der Waals surface area contributed by atoms with Crippen molar-refractivity contribution in [2.75, 3.05) is 26.8 Å². The van der Waals surface area contributed by atoms with Crippen LogP contribution in [0.1, 0.15) is 18.7 Å². The predicted molar refractivity (Wildman–Crippen MR) is 74.8 cm³/mol. The van der Waals surface area contributed by atoms with Crippen LogP contribution in [0.4, 0.5) is 0 Å². The Hall–Kier alpha value is -0.910. The molecule has 0 unspecified atom stereocenters. The molecule has 0 spiro atoms. The number of carbonyl (C=O) groups excluding carboxylic acids is 1. The molecule has 0 saturated carbocycles. The van der Waals surface area contributed by atoms with Gasteiger partial charge in [0.05, 0.1) is 19.7 Å². The second-order valence-electron chi connectivity index (χ2n) is 4.42. The maximum absolute atomic E-state index is 12.1. The number of amides is 1. The van der Waals surface area contributed by atoms with Gasteiger partial charge in [0.25, 0.3) is 0 Å². The van der Waals surface area contributed by atoms with E-state index in [2.05, 4.69) is 5.32 Å². The first-order valence-corrected chi connectivity index (χ1v) is 7.04. The van der Waals surface area contributed by atoms with Crippen LogP contribution in [0.5, 0.6) is 0 Å². The fraction of sp³-hybridized carbons (Fsp3) is 0.615. The van der Waals surface area contributed by atoms with E-state index in [1.165, 1.54) is 4.88 Å². The van der Waals surface area contributed by atoms with Crippen LogP contribution in [0.3, 0.4) is 0 Å². The van der Waals surface area contributed by atoms with Crippen molar-refractivity contribution < 1.29 is 9.53 Å². The molecule has 18 heavy (non-hydrogen) atoms. The molecule has 0 aromatic carbocycles. The number of methoxy groups -OCH3 is 1. The topological polar surface area (TPSA) is 41.6 Å². The van der Waals surface area contributed by atoms with E-state index in [0.717, 1.165) is 0 Å². The largest absolute Gasteiger partial charge is 0.383 e. The Bertz CT molecular complexity index is 339. The van der Waals surface area contributed by atoms with Crippen molar-refractivity contribution >= 4 is 17.2 Å². The third kappa shape index (κ3) is 5.62. The third-order valence-electron chi connectivity index (χ3n) is 2.51. The van der Waals surface area contributed by atoms with Crippen molar-refractivity contribution in [1.29, 1.82) is 0 Å². The van der Waals surface area contributed by atoms with Crippen molar-refractivity contribution in [3.05, 3.63) is 22.4 Å². The standard InChI is InChI=1S/C13H22N2O2S/c1-11(2)14-9-13(16)15(6-7-17-3)10-12-5-4-8-18-12/h4-5,8,11,14H,6-7,9-10H2,1-3H3. The number of rotatable bonds is 8. The molecule has 0 radical (unpaired) electrons. The van der Waals surface area contributed by atoms with Crippen LogP contribution < -0.4 is 5.32 Å². The van der Waals surface area contributed by atoms with Crippen LogP contribution >= 0.6 is 11.3 Å². The van der Waals surface area contributed by atoms with Crippen molar-refractivity contribution in [3.63, 3.8) is 0 Å². The molecular weight excluding hydrogens is 248 g/mol. The molecule has 1 aromatic heterocycles. The molecule has 0 atom stereocenters. The van der Waals surface area contributed by atoms with E-state index >= 15 is 0 Å². The van der Waals surface area contributed by atoms with E-state index in [4.69, 9.17) is 4.74 Å². The van der Waals surface area contributed by atoms with Gasteiger partial charge in [0.2, 0.25) is 5.91 Å². The summed E-state index contributed by atoms with van der Waals surface area (Å²) < 4.78 is 5.06. The molecule has 1 amide bonds. The van der Waals surface area contributed by atoms with Crippen molar-refractivity contribution in [3.8, 4) is 0 Å². The molecule has 1 aromatic rings. The molecule has 5 heteroatoms. The Labute approximate surface area is 113 Å². The fourth-order valence-electron chi connectivity index (χ4n) is 1.49. The molecule has 0 saturated heterocycles. The minimum absolute atomic E-state index is 0.120. The van der Waals surface area contributed by atoms with E-state index < -0.39 is 0 Å². The summed E-state index contributed by atoms with van der Waals surface area (Å²) >= 11 is 1.67. The molecule has 0 aliphatic carbocycles. The van der Waals surface area contributed by atoms with E-state index in [-0.39, 0.29) is 5.91 Å². The summed E-state index contributed by atoms with van der Waals surface area (Å²) in [5.41, 5.74) is 0. The molecule has 0 fully saturated rings. The monoisotopic (exact) mass is 270 g/mol. The second-order valence-corrected chi connectivity index (χ2v) is 5.46. The third-order valence-corrected chi connectivity index (χ3v) is 3.37. The van der Waals surface area contributed by atoms with Gasteiger partial charge in [-0.1, -0.05) is 19.9 Å². The Morgan fingerprint density at radius 3 is 2.89 bits per heavy atom. The van der Waals surface area contributed by atoms with Crippen LogP contribution in [0.25, 0.3) is 0 Å². The first-order chi connectivity index (χ1) is 8.63. The Morgan fingerprint density at radius 2 is 2.33 bits per heavy atom. The zero-order chi connectivity index (χ0) is 13.4. The molecule has 0 aliphatic heterocycles. The lowest BCUT2D eigenvalue weighted by atomic mass is 10.3. The quantitative estimate of drug-likeness (QED) is 0.782. The van der Waals surface area contributed by atoms with Gasteiger partial charge in [-0.25, -0.2) is 0 Å². The highest BCUT2D eigenvalue weighted by molar-refractivity contribution is 7.09. The van der Waals surface area contributed by atoms with Gasteiger partial charge in [-0.3, -0.25) is 4.79 Å². The Balaban J connectivity index is 2.51. The van der Waals surface area contributed by atoms with E-state index in [1.807, 2.05) is 36.3 Å². The lowest BCUT2D eigenvalue weighted by Crippen LogP contribution is -2.41. The minimum atomic E-state index is 0.120. The minimum Gasteiger partial charge on any atom is -0.383 e. The van der Waals surface area contributed by atoms with Gasteiger partial charge in [-0.15, -0.1) is 11.3 Å². The number of hydrogen-bond donors (Lipinski definition) is 1. The zero-order valence-corrected chi connectivity index (χ0v) is 12.1. The predicted octanol–water partition coefficient (Wildman–Crippen LogP) is 1.72. The highest BCUT2D eigenvalue weighted by atomic mass is 32.1. The van der Waals surface area contributed by atoms with E-state index in [9.17, 15) is 4.79 Å². The number of nitrogens with one attached hydrogen (secondary N) is 1. The fourth-order valence-corrected chi connectivity index (χ4v) is 2.21. The maximum atomic E-state index is 12.1. The van der Waals surface area contributed by atoms with Crippen LogP contribution in [-0.2, 0) is 16.1 Å². The average Bonchev–Trinajstić information content (AvgIpc) is 2.84. The Kier molecular flexibility index (Phi) is 6.93. The molecular formula is C13H22N2O2S. The molecule has 0 aliphatic rings. The van der Waals surface area contributed by atoms with Gasteiger partial charge in [-0.2, -0.15) is 0 Å². The van der Waals surface area contributed by atoms with Gasteiger partial charge >= 0.3 is 0 Å². The summed E-state index contributed by atoms with van der Waals surface area (Å²) in [5, 5.41) is 5.18. The Morgan fingerprint density at radius 1 is 1.56 bits per heavy atom. The van der Waals surface area contributed by atoms with Gasteiger partial charge in [0.1, 0.15) is 0 Å². The highest BCUT2D eigenvalue weighted by Gasteiger charge is 2.14. The lowest BCUT2D eigenvalue weighted by Gasteiger charge is -2.22. The summed E-state index contributed by atoms with van der Waals surface area (Å²) in [6, 6.07) is 4.37. The van der Waals surface area contributed by atoms with Gasteiger partial charge < -0.3 is 15.0 Å². The van der Waals surface area contributed by atoms with Crippen LogP contribution in [-0.4, -0.2) is 43.7 Å². The van der Waals surface area contributed by atoms with Crippen molar-refractivity contribution in [2.24, 2.45) is 0 Å². The number of hydrogen-bond acceptors (Lipinski definition) is 4. The van der Waals surface area contributed by atoms with E-state index in [1.54, 1.807) is 18.4 Å². The number of ether oxygens (including phenoxy) is 1. The second kappa shape index (κ2) is 8.24. The summed E-state index contributed by atoms with van der Waals surface area (Å²) in [6.07, 6.45) is 0. The number of nitrogens with zero attached hydrogens (tertiary/aromatic N) is 1. The molecule has 102 valence electrons. The highest BCUT2D eigenvalue weighted by Crippen LogP contribution is 2.11. The zero-order valence-electron chi connectivity index (χ0n) is 11.3. The molecule has 1 heterocycles. The first kappa shape index (κ1) is 15.1. The summed E-state index contributed by atoms with van der Waals surface area (Å²) in [4.78, 5) is 15.1. The van der Waals surface area contributed by atoms with Gasteiger partial charge in [0.15, 0.2) is 0 Å². The SMILES string of the molecule is COCCN(Cc1cccs1)C(=O)CNC(C)C. The normalized spacial score (nSPS) is 10.9. The molecule has 4 nitrogen and oxygen atoms in total.